The van der Waals surface area contributed by atoms with E-state index < -0.39 is 5.72 Å². The van der Waals surface area contributed by atoms with E-state index in [9.17, 15) is 0 Å². The number of rotatable bonds is 3. The van der Waals surface area contributed by atoms with Gasteiger partial charge in [0, 0.05) is 17.5 Å². The van der Waals surface area contributed by atoms with Gasteiger partial charge in [-0.2, -0.15) is 5.10 Å². The van der Waals surface area contributed by atoms with Gasteiger partial charge in [-0.05, 0) is 31.2 Å². The van der Waals surface area contributed by atoms with Crippen LogP contribution in [-0.4, -0.2) is 50.0 Å². The minimum absolute atomic E-state index is 0.141. The highest BCUT2D eigenvalue weighted by Gasteiger charge is 2.53. The number of hydrogen-bond donors (Lipinski definition) is 1. The smallest absolute Gasteiger partial charge is 0.231 e. The molecule has 1 atom stereocenters. The Kier molecular flexibility index (Phi) is 4.28. The summed E-state index contributed by atoms with van der Waals surface area (Å²) in [6.45, 7) is 5.84. The number of quaternary nitrogens is 1. The number of nitrogens with zero attached hydrogens (tertiary/aromatic N) is 2. The van der Waals surface area contributed by atoms with Gasteiger partial charge in [0.25, 0.3) is 0 Å². The van der Waals surface area contributed by atoms with Crippen LogP contribution in [-0.2, 0) is 0 Å². The molecule has 0 aromatic heterocycles. The van der Waals surface area contributed by atoms with Crippen LogP contribution in [0.15, 0.2) is 41.5 Å². The monoisotopic (exact) mass is 422 g/mol. The molecule has 1 saturated heterocycles. The van der Waals surface area contributed by atoms with Crippen LogP contribution in [0.3, 0.4) is 0 Å². The molecule has 1 N–H and O–H groups in total. The van der Waals surface area contributed by atoms with Gasteiger partial charge in [-0.3, -0.25) is 0 Å². The Labute approximate surface area is 182 Å². The van der Waals surface area contributed by atoms with E-state index in [4.69, 9.17) is 24.0 Å². The molecule has 4 aliphatic rings. The van der Waals surface area contributed by atoms with Crippen LogP contribution in [0.4, 0.5) is 0 Å². The highest BCUT2D eigenvalue weighted by atomic mass is 16.7. The Morgan fingerprint density at radius 3 is 2.81 bits per heavy atom. The van der Waals surface area contributed by atoms with Crippen molar-refractivity contribution in [1.82, 2.24) is 5.01 Å². The number of ether oxygens (including phenoxy) is 4. The lowest BCUT2D eigenvalue weighted by molar-refractivity contribution is -0.906. The molecule has 31 heavy (non-hydrogen) atoms. The standard InChI is InChI=1S/C24H27N3O4/c1-3-26-11-9-24(10-12-26)27-19(17-5-4-6-21(28-2)23(17)31-24)14-18(25-27)16-7-8-20-22(13-16)30-15-29-20/h4-8,13,19H,3,9-12,14-15H2,1-2H3/p+1/t19-/m0/s1. The first-order valence-electron chi connectivity index (χ1n) is 11.2. The summed E-state index contributed by atoms with van der Waals surface area (Å²) in [6, 6.07) is 12.4. The highest BCUT2D eigenvalue weighted by molar-refractivity contribution is 6.02. The Hall–Kier alpha value is -2.93. The van der Waals surface area contributed by atoms with Crippen LogP contribution in [0.1, 0.15) is 43.4 Å². The number of hydrogen-bond acceptors (Lipinski definition) is 6. The van der Waals surface area contributed by atoms with E-state index >= 15 is 0 Å². The number of benzene rings is 2. The number of para-hydroxylation sites is 1. The summed E-state index contributed by atoms with van der Waals surface area (Å²) in [4.78, 5) is 1.62. The fraction of sp³-hybridized carbons (Fsp3) is 0.458. The second-order valence-corrected chi connectivity index (χ2v) is 8.71. The summed E-state index contributed by atoms with van der Waals surface area (Å²) >= 11 is 0. The summed E-state index contributed by atoms with van der Waals surface area (Å²) in [5, 5.41) is 7.42. The molecule has 0 bridgehead atoms. The van der Waals surface area contributed by atoms with E-state index in [-0.39, 0.29) is 12.8 Å². The average Bonchev–Trinajstić information content (AvgIpc) is 3.47. The Morgan fingerprint density at radius 1 is 1.16 bits per heavy atom. The highest BCUT2D eigenvalue weighted by Crippen LogP contribution is 2.52. The van der Waals surface area contributed by atoms with E-state index in [1.54, 1.807) is 12.0 Å². The van der Waals surface area contributed by atoms with E-state index in [2.05, 4.69) is 24.1 Å². The minimum Gasteiger partial charge on any atom is -0.493 e. The first-order valence-corrected chi connectivity index (χ1v) is 11.2. The molecular formula is C24H28N3O4+. The molecule has 0 amide bonds. The normalized spacial score (nSPS) is 28.1. The molecule has 6 rings (SSSR count). The second kappa shape index (κ2) is 7.05. The number of likely N-dealkylation sites (tertiary alicyclic amines) is 1. The van der Waals surface area contributed by atoms with Crippen LogP contribution in [0.5, 0.6) is 23.0 Å². The number of nitrogens with one attached hydrogen (secondary N) is 1. The van der Waals surface area contributed by atoms with Gasteiger partial charge >= 0.3 is 0 Å². The summed E-state index contributed by atoms with van der Waals surface area (Å²) in [7, 11) is 1.71. The maximum Gasteiger partial charge on any atom is 0.231 e. The van der Waals surface area contributed by atoms with Gasteiger partial charge in [-0.25, -0.2) is 5.01 Å². The predicted molar refractivity (Wildman–Crippen MR) is 115 cm³/mol. The lowest BCUT2D eigenvalue weighted by atomic mass is 9.90. The molecule has 0 radical (unpaired) electrons. The molecule has 4 aliphatic heterocycles. The summed E-state index contributed by atoms with van der Waals surface area (Å²) < 4.78 is 23.6. The largest absolute Gasteiger partial charge is 0.493 e. The first kappa shape index (κ1) is 18.8. The van der Waals surface area contributed by atoms with Crippen LogP contribution < -0.4 is 23.8 Å². The van der Waals surface area contributed by atoms with Gasteiger partial charge in [0.05, 0.1) is 51.3 Å². The van der Waals surface area contributed by atoms with Gasteiger partial charge < -0.3 is 23.8 Å². The van der Waals surface area contributed by atoms with Crippen molar-refractivity contribution in [2.45, 2.75) is 38.0 Å². The minimum atomic E-state index is -0.428. The summed E-state index contributed by atoms with van der Waals surface area (Å²) in [5.41, 5.74) is 2.86. The van der Waals surface area contributed by atoms with E-state index in [0.717, 1.165) is 78.7 Å². The van der Waals surface area contributed by atoms with Crippen LogP contribution in [0.2, 0.25) is 0 Å². The van der Waals surface area contributed by atoms with Crippen molar-refractivity contribution in [1.29, 1.82) is 0 Å². The molecule has 1 fully saturated rings. The zero-order valence-electron chi connectivity index (χ0n) is 18.0. The van der Waals surface area contributed by atoms with Crippen LogP contribution in [0, 0.1) is 0 Å². The van der Waals surface area contributed by atoms with Crippen molar-refractivity contribution in [3.05, 3.63) is 47.5 Å². The van der Waals surface area contributed by atoms with E-state index in [1.807, 2.05) is 24.3 Å². The zero-order valence-corrected chi connectivity index (χ0v) is 18.0. The Bertz CT molecular complexity index is 1050. The second-order valence-electron chi connectivity index (χ2n) is 8.71. The fourth-order valence-corrected chi connectivity index (χ4v) is 5.36. The van der Waals surface area contributed by atoms with E-state index in [1.165, 1.54) is 0 Å². The molecule has 4 heterocycles. The molecule has 7 heteroatoms. The lowest BCUT2D eigenvalue weighted by Gasteiger charge is -2.50. The Morgan fingerprint density at radius 2 is 2.00 bits per heavy atom. The van der Waals surface area contributed by atoms with Gasteiger partial charge in [0.15, 0.2) is 23.0 Å². The summed E-state index contributed by atoms with van der Waals surface area (Å²) in [6.07, 6.45) is 2.72. The SMILES string of the molecule is CC[NH+]1CCC2(CC1)Oc1c(OC)cccc1[C@@H]1CC(c3ccc4c(c3)OCO4)=NN12. The van der Waals surface area contributed by atoms with Crippen molar-refractivity contribution in [2.24, 2.45) is 5.10 Å². The maximum absolute atomic E-state index is 6.78. The van der Waals surface area contributed by atoms with Gasteiger partial charge in [0.1, 0.15) is 0 Å². The van der Waals surface area contributed by atoms with Crippen molar-refractivity contribution in [3.8, 4) is 23.0 Å². The number of piperidine rings is 1. The van der Waals surface area contributed by atoms with E-state index in [0.29, 0.717) is 0 Å². The number of hydrazone groups is 1. The van der Waals surface area contributed by atoms with Crippen molar-refractivity contribution in [2.75, 3.05) is 33.5 Å². The number of fused-ring (bicyclic) bond motifs is 5. The quantitative estimate of drug-likeness (QED) is 0.823. The molecule has 1 spiro atoms. The topological polar surface area (TPSA) is 57.0 Å². The molecular weight excluding hydrogens is 394 g/mol. The van der Waals surface area contributed by atoms with Crippen LogP contribution in [0.25, 0.3) is 0 Å². The molecule has 2 aromatic rings. The molecule has 0 saturated carbocycles. The third kappa shape index (κ3) is 2.86. The summed E-state index contributed by atoms with van der Waals surface area (Å²) in [5.74, 6) is 3.27. The molecule has 0 unspecified atom stereocenters. The third-order valence-electron chi connectivity index (χ3n) is 7.15. The first-order chi connectivity index (χ1) is 15.2. The van der Waals surface area contributed by atoms with Gasteiger partial charge in [0.2, 0.25) is 12.5 Å². The molecule has 2 aromatic carbocycles. The number of methoxy groups -OCH3 is 1. The lowest BCUT2D eigenvalue weighted by Crippen LogP contribution is -3.13. The van der Waals surface area contributed by atoms with Gasteiger partial charge in [-0.15, -0.1) is 0 Å². The molecule has 7 nitrogen and oxygen atoms in total. The van der Waals surface area contributed by atoms with Crippen molar-refractivity contribution >= 4 is 5.71 Å². The third-order valence-corrected chi connectivity index (χ3v) is 7.15. The predicted octanol–water partition coefficient (Wildman–Crippen LogP) is 2.36. The van der Waals surface area contributed by atoms with Crippen molar-refractivity contribution < 1.29 is 23.8 Å². The Balaban J connectivity index is 1.42. The zero-order chi connectivity index (χ0) is 21.0. The van der Waals surface area contributed by atoms with Gasteiger partial charge in [-0.1, -0.05) is 12.1 Å². The fourth-order valence-electron chi connectivity index (χ4n) is 5.36. The molecule has 0 aliphatic carbocycles. The maximum atomic E-state index is 6.78. The molecule has 162 valence electrons. The van der Waals surface area contributed by atoms with Crippen molar-refractivity contribution in [3.63, 3.8) is 0 Å². The van der Waals surface area contributed by atoms with Crippen LogP contribution >= 0.6 is 0 Å². The average molecular weight is 423 g/mol.